The maximum absolute atomic E-state index is 12.2. The van der Waals surface area contributed by atoms with Crippen molar-refractivity contribution in [2.24, 2.45) is 0 Å². The molecule has 2 aromatic rings. The number of hydrogen-bond donors (Lipinski definition) is 2. The molecule has 0 atom stereocenters. The van der Waals surface area contributed by atoms with Gasteiger partial charge in [-0.3, -0.25) is 4.79 Å². The van der Waals surface area contributed by atoms with Gasteiger partial charge in [0.2, 0.25) is 0 Å². The minimum Gasteiger partial charge on any atom is -0.493 e. The van der Waals surface area contributed by atoms with E-state index >= 15 is 0 Å². The standard InChI is InChI=1S/C16H19NO5/c1-20-12-4-2-3-11-9-13(22-14(11)12)15(18)17-10-16(19)5-7-21-8-6-16/h2-4,9,19H,5-8,10H2,1H3,(H,17,18). The summed E-state index contributed by atoms with van der Waals surface area (Å²) in [6, 6.07) is 7.13. The second kappa shape index (κ2) is 5.98. The predicted octanol–water partition coefficient (Wildman–Crippen LogP) is 1.71. The van der Waals surface area contributed by atoms with Gasteiger partial charge in [-0.1, -0.05) is 12.1 Å². The van der Waals surface area contributed by atoms with Gasteiger partial charge < -0.3 is 24.3 Å². The Labute approximate surface area is 128 Å². The van der Waals surface area contributed by atoms with Crippen LogP contribution in [-0.2, 0) is 4.74 Å². The number of benzene rings is 1. The van der Waals surface area contributed by atoms with Crippen LogP contribution in [0, 0.1) is 0 Å². The van der Waals surface area contributed by atoms with E-state index in [4.69, 9.17) is 13.9 Å². The van der Waals surface area contributed by atoms with Crippen LogP contribution in [0.25, 0.3) is 11.0 Å². The van der Waals surface area contributed by atoms with Crippen molar-refractivity contribution in [2.75, 3.05) is 26.9 Å². The van der Waals surface area contributed by atoms with Gasteiger partial charge in [0.15, 0.2) is 17.1 Å². The Hall–Kier alpha value is -2.05. The average molecular weight is 305 g/mol. The molecular weight excluding hydrogens is 286 g/mol. The van der Waals surface area contributed by atoms with Gasteiger partial charge >= 0.3 is 0 Å². The lowest BCUT2D eigenvalue weighted by atomic mass is 9.94. The molecule has 3 rings (SSSR count). The lowest BCUT2D eigenvalue weighted by Gasteiger charge is -2.31. The molecule has 1 aliphatic heterocycles. The second-order valence-corrected chi connectivity index (χ2v) is 5.51. The molecule has 1 aliphatic rings. The summed E-state index contributed by atoms with van der Waals surface area (Å²) < 4.78 is 16.0. The molecule has 0 unspecified atom stereocenters. The molecule has 1 fully saturated rings. The molecule has 0 bridgehead atoms. The van der Waals surface area contributed by atoms with E-state index in [2.05, 4.69) is 5.32 Å². The molecule has 0 saturated carbocycles. The SMILES string of the molecule is COc1cccc2cc(C(=O)NCC3(O)CCOCC3)oc12. The van der Waals surface area contributed by atoms with Crippen LogP contribution in [0.2, 0.25) is 0 Å². The molecule has 2 N–H and O–H groups in total. The molecule has 1 amide bonds. The van der Waals surface area contributed by atoms with Crippen LogP contribution in [0.5, 0.6) is 5.75 Å². The molecule has 22 heavy (non-hydrogen) atoms. The van der Waals surface area contributed by atoms with Gasteiger partial charge in [0.05, 0.1) is 12.7 Å². The quantitative estimate of drug-likeness (QED) is 0.899. The third-order valence-electron chi connectivity index (χ3n) is 3.95. The Kier molecular flexibility index (Phi) is 4.04. The van der Waals surface area contributed by atoms with E-state index in [0.29, 0.717) is 37.4 Å². The van der Waals surface area contributed by atoms with Gasteiger partial charge in [-0.15, -0.1) is 0 Å². The smallest absolute Gasteiger partial charge is 0.287 e. The number of carbonyl (C=O) groups excluding carboxylic acids is 1. The number of furan rings is 1. The molecule has 6 heteroatoms. The number of nitrogens with one attached hydrogen (secondary N) is 1. The fraction of sp³-hybridized carbons (Fsp3) is 0.438. The van der Waals surface area contributed by atoms with Crippen LogP contribution < -0.4 is 10.1 Å². The van der Waals surface area contributed by atoms with Crippen LogP contribution in [0.1, 0.15) is 23.4 Å². The number of methoxy groups -OCH3 is 1. The normalized spacial score (nSPS) is 17.4. The number of aliphatic hydroxyl groups is 1. The van der Waals surface area contributed by atoms with Gasteiger partial charge in [0.25, 0.3) is 5.91 Å². The highest BCUT2D eigenvalue weighted by Gasteiger charge is 2.30. The number of hydrogen-bond acceptors (Lipinski definition) is 5. The Balaban J connectivity index is 1.72. The van der Waals surface area contributed by atoms with Crippen molar-refractivity contribution in [3.8, 4) is 5.75 Å². The van der Waals surface area contributed by atoms with E-state index in [1.54, 1.807) is 19.2 Å². The first-order valence-electron chi connectivity index (χ1n) is 7.26. The summed E-state index contributed by atoms with van der Waals surface area (Å²) in [4.78, 5) is 12.2. The molecule has 0 aliphatic carbocycles. The summed E-state index contributed by atoms with van der Waals surface area (Å²) in [6.45, 7) is 1.20. The number of rotatable bonds is 4. The maximum atomic E-state index is 12.2. The summed E-state index contributed by atoms with van der Waals surface area (Å²) in [7, 11) is 1.55. The third-order valence-corrected chi connectivity index (χ3v) is 3.95. The van der Waals surface area contributed by atoms with Crippen molar-refractivity contribution in [2.45, 2.75) is 18.4 Å². The molecule has 0 spiro atoms. The minimum absolute atomic E-state index is 0.184. The molecule has 6 nitrogen and oxygen atoms in total. The van der Waals surface area contributed by atoms with Gasteiger partial charge in [-0.25, -0.2) is 0 Å². The van der Waals surface area contributed by atoms with E-state index < -0.39 is 5.60 Å². The van der Waals surface area contributed by atoms with Crippen LogP contribution >= 0.6 is 0 Å². The van der Waals surface area contributed by atoms with E-state index in [9.17, 15) is 9.90 Å². The molecular formula is C16H19NO5. The Morgan fingerprint density at radius 2 is 2.18 bits per heavy atom. The number of para-hydroxylation sites is 1. The Morgan fingerprint density at radius 3 is 2.91 bits per heavy atom. The van der Waals surface area contributed by atoms with E-state index in [1.807, 2.05) is 12.1 Å². The van der Waals surface area contributed by atoms with Gasteiger partial charge in [0, 0.05) is 38.0 Å². The van der Waals surface area contributed by atoms with Gasteiger partial charge in [0.1, 0.15) is 0 Å². The number of amides is 1. The summed E-state index contributed by atoms with van der Waals surface area (Å²) in [5, 5.41) is 13.9. The number of carbonyl (C=O) groups is 1. The Bertz CT molecular complexity index is 672. The largest absolute Gasteiger partial charge is 0.493 e. The molecule has 1 aromatic carbocycles. The van der Waals surface area contributed by atoms with Gasteiger partial charge in [-0.05, 0) is 12.1 Å². The maximum Gasteiger partial charge on any atom is 0.287 e. The Morgan fingerprint density at radius 1 is 1.41 bits per heavy atom. The average Bonchev–Trinajstić information content (AvgIpc) is 2.97. The topological polar surface area (TPSA) is 80.9 Å². The van der Waals surface area contributed by atoms with Gasteiger partial charge in [-0.2, -0.15) is 0 Å². The lowest BCUT2D eigenvalue weighted by molar-refractivity contribution is -0.0605. The number of ether oxygens (including phenoxy) is 2. The summed E-state index contributed by atoms with van der Waals surface area (Å²) >= 11 is 0. The van der Waals surface area contributed by atoms with Crippen LogP contribution in [0.3, 0.4) is 0 Å². The minimum atomic E-state index is -0.905. The van der Waals surface area contributed by atoms with Crippen LogP contribution in [0.15, 0.2) is 28.7 Å². The highest BCUT2D eigenvalue weighted by atomic mass is 16.5. The summed E-state index contributed by atoms with van der Waals surface area (Å²) in [5.74, 6) is 0.438. The lowest BCUT2D eigenvalue weighted by Crippen LogP contribution is -2.46. The van der Waals surface area contributed by atoms with Crippen LogP contribution in [-0.4, -0.2) is 43.5 Å². The zero-order chi connectivity index (χ0) is 15.6. The van der Waals surface area contributed by atoms with E-state index in [1.165, 1.54) is 0 Å². The molecule has 1 aromatic heterocycles. The highest BCUT2D eigenvalue weighted by molar-refractivity contribution is 5.97. The van der Waals surface area contributed by atoms with Crippen molar-refractivity contribution in [3.05, 3.63) is 30.0 Å². The number of fused-ring (bicyclic) bond motifs is 1. The van der Waals surface area contributed by atoms with Crippen molar-refractivity contribution in [1.29, 1.82) is 0 Å². The molecule has 118 valence electrons. The molecule has 1 saturated heterocycles. The van der Waals surface area contributed by atoms with E-state index in [0.717, 1.165) is 5.39 Å². The zero-order valence-corrected chi connectivity index (χ0v) is 12.4. The first kappa shape index (κ1) is 14.9. The third kappa shape index (κ3) is 2.93. The van der Waals surface area contributed by atoms with Crippen molar-refractivity contribution < 1.29 is 23.8 Å². The second-order valence-electron chi connectivity index (χ2n) is 5.51. The first-order chi connectivity index (χ1) is 10.6. The summed E-state index contributed by atoms with van der Waals surface area (Å²) in [6.07, 6.45) is 1.03. The summed E-state index contributed by atoms with van der Waals surface area (Å²) in [5.41, 5.74) is -0.364. The van der Waals surface area contributed by atoms with Crippen LogP contribution in [0.4, 0.5) is 0 Å². The fourth-order valence-corrected chi connectivity index (χ4v) is 2.57. The molecule has 0 radical (unpaired) electrons. The zero-order valence-electron chi connectivity index (χ0n) is 12.4. The fourth-order valence-electron chi connectivity index (χ4n) is 2.57. The highest BCUT2D eigenvalue weighted by Crippen LogP contribution is 2.28. The monoisotopic (exact) mass is 305 g/mol. The van der Waals surface area contributed by atoms with Crippen molar-refractivity contribution in [3.63, 3.8) is 0 Å². The molecule has 2 heterocycles. The van der Waals surface area contributed by atoms with Crippen molar-refractivity contribution in [1.82, 2.24) is 5.32 Å². The van der Waals surface area contributed by atoms with Crippen molar-refractivity contribution >= 4 is 16.9 Å². The van der Waals surface area contributed by atoms with E-state index in [-0.39, 0.29) is 18.2 Å². The first-order valence-corrected chi connectivity index (χ1v) is 7.26. The predicted molar refractivity (Wildman–Crippen MR) is 80.1 cm³/mol.